The van der Waals surface area contributed by atoms with Gasteiger partial charge < -0.3 is 10.4 Å². The average Bonchev–Trinajstić information content (AvgIpc) is 2.33. The number of carboxylic acid groups (broad SMARTS) is 1. The Kier molecular flexibility index (Phi) is 5.55. The van der Waals surface area contributed by atoms with Gasteiger partial charge in [-0.2, -0.15) is 0 Å². The first kappa shape index (κ1) is 14.4. The lowest BCUT2D eigenvalue weighted by atomic mass is 10.1. The van der Waals surface area contributed by atoms with E-state index in [-0.39, 0.29) is 5.92 Å². The van der Waals surface area contributed by atoms with Gasteiger partial charge in [0.25, 0.3) is 0 Å². The summed E-state index contributed by atoms with van der Waals surface area (Å²) < 4.78 is 0. The number of aryl methyl sites for hydroxylation is 2. The van der Waals surface area contributed by atoms with E-state index in [1.165, 1.54) is 0 Å². The molecule has 0 saturated heterocycles. The highest BCUT2D eigenvalue weighted by atomic mass is 16.4. The molecule has 5 nitrogen and oxygen atoms in total. The third kappa shape index (κ3) is 4.69. The van der Waals surface area contributed by atoms with Crippen LogP contribution in [-0.2, 0) is 11.2 Å². The van der Waals surface area contributed by atoms with E-state index in [2.05, 4.69) is 22.2 Å². The quantitative estimate of drug-likeness (QED) is 0.727. The Morgan fingerprint density at radius 1 is 1.50 bits per heavy atom. The van der Waals surface area contributed by atoms with Crippen LogP contribution in [-0.4, -0.2) is 27.6 Å². The number of hydrogen-bond donors (Lipinski definition) is 2. The van der Waals surface area contributed by atoms with Crippen molar-refractivity contribution in [3.05, 3.63) is 17.6 Å². The van der Waals surface area contributed by atoms with Crippen LogP contribution in [0.3, 0.4) is 0 Å². The van der Waals surface area contributed by atoms with Gasteiger partial charge in [-0.15, -0.1) is 0 Å². The number of nitrogens with one attached hydrogen (secondary N) is 1. The zero-order chi connectivity index (χ0) is 13.5. The van der Waals surface area contributed by atoms with Crippen LogP contribution >= 0.6 is 0 Å². The monoisotopic (exact) mass is 251 g/mol. The normalized spacial score (nSPS) is 12.2. The highest BCUT2D eigenvalue weighted by molar-refractivity contribution is 5.69. The van der Waals surface area contributed by atoms with Gasteiger partial charge in [-0.1, -0.05) is 13.8 Å². The van der Waals surface area contributed by atoms with E-state index in [1.807, 2.05) is 13.0 Å². The molecule has 1 aromatic heterocycles. The van der Waals surface area contributed by atoms with E-state index in [1.54, 1.807) is 6.92 Å². The van der Waals surface area contributed by atoms with Crippen LogP contribution in [0.4, 0.5) is 5.82 Å². The van der Waals surface area contributed by atoms with Gasteiger partial charge in [0.2, 0.25) is 0 Å². The van der Waals surface area contributed by atoms with Crippen molar-refractivity contribution in [3.8, 4) is 0 Å². The van der Waals surface area contributed by atoms with E-state index in [9.17, 15) is 4.79 Å². The maximum Gasteiger partial charge on any atom is 0.306 e. The number of carbonyl (C=O) groups is 1. The van der Waals surface area contributed by atoms with Crippen molar-refractivity contribution in [1.82, 2.24) is 9.97 Å². The van der Waals surface area contributed by atoms with Crippen LogP contribution in [0.2, 0.25) is 0 Å². The number of aromatic nitrogens is 2. The Morgan fingerprint density at radius 2 is 2.22 bits per heavy atom. The van der Waals surface area contributed by atoms with E-state index in [4.69, 9.17) is 5.11 Å². The summed E-state index contributed by atoms with van der Waals surface area (Å²) in [5.41, 5.74) is 1.02. The zero-order valence-electron chi connectivity index (χ0n) is 11.2. The predicted octanol–water partition coefficient (Wildman–Crippen LogP) is 2.26. The summed E-state index contributed by atoms with van der Waals surface area (Å²) in [7, 11) is 0. The number of nitrogens with zero attached hydrogens (tertiary/aromatic N) is 2. The molecular formula is C13H21N3O2. The molecule has 0 saturated carbocycles. The summed E-state index contributed by atoms with van der Waals surface area (Å²) >= 11 is 0. The van der Waals surface area contributed by atoms with E-state index >= 15 is 0 Å². The van der Waals surface area contributed by atoms with Crippen LogP contribution in [0.5, 0.6) is 0 Å². The van der Waals surface area contributed by atoms with Gasteiger partial charge in [0.1, 0.15) is 11.6 Å². The van der Waals surface area contributed by atoms with Crippen LogP contribution in [0, 0.1) is 12.8 Å². The van der Waals surface area contributed by atoms with Crippen molar-refractivity contribution in [2.24, 2.45) is 5.92 Å². The molecule has 100 valence electrons. The van der Waals surface area contributed by atoms with Crippen LogP contribution in [0.25, 0.3) is 0 Å². The van der Waals surface area contributed by atoms with Crippen molar-refractivity contribution in [1.29, 1.82) is 0 Å². The number of hydrogen-bond acceptors (Lipinski definition) is 4. The summed E-state index contributed by atoms with van der Waals surface area (Å²) in [6, 6.07) is 1.94. The molecule has 0 spiro atoms. The summed E-state index contributed by atoms with van der Waals surface area (Å²) in [6.45, 7) is 6.39. The van der Waals surface area contributed by atoms with Crippen molar-refractivity contribution in [3.63, 3.8) is 0 Å². The van der Waals surface area contributed by atoms with Gasteiger partial charge in [0, 0.05) is 18.3 Å². The van der Waals surface area contributed by atoms with E-state index in [0.29, 0.717) is 6.42 Å². The maximum absolute atomic E-state index is 10.7. The number of rotatable bonds is 7. The third-order valence-corrected chi connectivity index (χ3v) is 2.79. The molecule has 1 heterocycles. The Labute approximate surface area is 108 Å². The first-order valence-corrected chi connectivity index (χ1v) is 6.34. The van der Waals surface area contributed by atoms with Gasteiger partial charge in [-0.05, 0) is 26.2 Å². The minimum Gasteiger partial charge on any atom is -0.481 e. The summed E-state index contributed by atoms with van der Waals surface area (Å²) in [6.07, 6.45) is 2.37. The molecule has 0 aromatic carbocycles. The van der Waals surface area contributed by atoms with Gasteiger partial charge in [0.05, 0.1) is 5.92 Å². The largest absolute Gasteiger partial charge is 0.481 e. The second-order valence-electron chi connectivity index (χ2n) is 4.45. The number of carboxylic acids is 1. The fourth-order valence-corrected chi connectivity index (χ4v) is 1.65. The van der Waals surface area contributed by atoms with Gasteiger partial charge >= 0.3 is 5.97 Å². The standard InChI is InChI=1S/C13H21N3O2/c1-4-11-8-12(16-10(3)15-11)14-7-5-6-9(2)13(17)18/h8-9H,4-7H2,1-3H3,(H,17,18)(H,14,15,16). The average molecular weight is 251 g/mol. The lowest BCUT2D eigenvalue weighted by Gasteiger charge is -2.09. The molecule has 0 fully saturated rings. The first-order chi connectivity index (χ1) is 8.52. The fraction of sp³-hybridized carbons (Fsp3) is 0.615. The molecule has 18 heavy (non-hydrogen) atoms. The predicted molar refractivity (Wildman–Crippen MR) is 70.7 cm³/mol. The van der Waals surface area contributed by atoms with Gasteiger partial charge in [-0.3, -0.25) is 4.79 Å². The number of aliphatic carboxylic acids is 1. The highest BCUT2D eigenvalue weighted by Crippen LogP contribution is 2.09. The minimum atomic E-state index is -0.735. The molecule has 1 unspecified atom stereocenters. The molecular weight excluding hydrogens is 230 g/mol. The maximum atomic E-state index is 10.7. The molecule has 0 bridgehead atoms. The second kappa shape index (κ2) is 6.93. The van der Waals surface area contributed by atoms with Gasteiger partial charge in [-0.25, -0.2) is 9.97 Å². The second-order valence-corrected chi connectivity index (χ2v) is 4.45. The molecule has 2 N–H and O–H groups in total. The molecule has 0 aliphatic rings. The molecule has 0 aliphatic heterocycles. The van der Waals surface area contributed by atoms with Gasteiger partial charge in [0.15, 0.2) is 0 Å². The fourth-order valence-electron chi connectivity index (χ4n) is 1.65. The Bertz CT molecular complexity index is 407. The van der Waals surface area contributed by atoms with E-state index in [0.717, 1.165) is 36.7 Å². The van der Waals surface area contributed by atoms with Crippen LogP contribution in [0.15, 0.2) is 6.07 Å². The Morgan fingerprint density at radius 3 is 2.83 bits per heavy atom. The molecule has 0 amide bonds. The molecule has 5 heteroatoms. The first-order valence-electron chi connectivity index (χ1n) is 6.34. The summed E-state index contributed by atoms with van der Waals surface area (Å²) in [5.74, 6) is 0.560. The molecule has 1 aromatic rings. The highest BCUT2D eigenvalue weighted by Gasteiger charge is 2.09. The minimum absolute atomic E-state index is 0.287. The lowest BCUT2D eigenvalue weighted by molar-refractivity contribution is -0.141. The van der Waals surface area contributed by atoms with Crippen LogP contribution < -0.4 is 5.32 Å². The van der Waals surface area contributed by atoms with E-state index < -0.39 is 5.97 Å². The zero-order valence-corrected chi connectivity index (χ0v) is 11.2. The smallest absolute Gasteiger partial charge is 0.306 e. The van der Waals surface area contributed by atoms with Crippen molar-refractivity contribution < 1.29 is 9.90 Å². The lowest BCUT2D eigenvalue weighted by Crippen LogP contribution is -2.12. The summed E-state index contributed by atoms with van der Waals surface area (Å²) in [5, 5.41) is 12.0. The molecule has 0 aliphatic carbocycles. The Hall–Kier alpha value is -1.65. The molecule has 0 radical (unpaired) electrons. The topological polar surface area (TPSA) is 75.1 Å². The van der Waals surface area contributed by atoms with Crippen molar-refractivity contribution >= 4 is 11.8 Å². The molecule has 1 rings (SSSR count). The summed E-state index contributed by atoms with van der Waals surface area (Å²) in [4.78, 5) is 19.2. The molecule has 1 atom stereocenters. The Balaban J connectivity index is 2.39. The van der Waals surface area contributed by atoms with Crippen LogP contribution in [0.1, 0.15) is 38.2 Å². The number of anilines is 1. The van der Waals surface area contributed by atoms with Crippen molar-refractivity contribution in [2.45, 2.75) is 40.0 Å². The third-order valence-electron chi connectivity index (χ3n) is 2.79. The SMILES string of the molecule is CCc1cc(NCCCC(C)C(=O)O)nc(C)n1. The van der Waals surface area contributed by atoms with Crippen molar-refractivity contribution in [2.75, 3.05) is 11.9 Å².